The molecule has 0 spiro atoms. The summed E-state index contributed by atoms with van der Waals surface area (Å²) in [6, 6.07) is 20.8. The summed E-state index contributed by atoms with van der Waals surface area (Å²) in [5.41, 5.74) is 3.65. The largest absolute Gasteiger partial charge is 0.497 e. The number of carbonyl (C=O) groups excluding carboxylic acids is 2. The first-order valence-electron chi connectivity index (χ1n) is 12.3. The standard InChI is InChI=1S/C30H29FN2O3/c1-18(2)30(35)33-26-10-5-4-9-24(26)32-25-16-21(19-11-13-23(36-3)14-12-19)17-27(34)28(25)29(33)20-7-6-8-22(31)15-20/h4-15,18,21,28-29H,16-17H2,1-3H3. The van der Waals surface area contributed by atoms with Crippen LogP contribution in [0.2, 0.25) is 0 Å². The van der Waals surface area contributed by atoms with E-state index in [-0.39, 0.29) is 23.5 Å². The number of aliphatic imine (C=N–C) groups is 1. The van der Waals surface area contributed by atoms with Crippen molar-refractivity contribution >= 4 is 28.8 Å². The van der Waals surface area contributed by atoms with E-state index in [2.05, 4.69) is 0 Å². The lowest BCUT2D eigenvalue weighted by Gasteiger charge is -2.39. The van der Waals surface area contributed by atoms with Gasteiger partial charge in [-0.3, -0.25) is 14.6 Å². The Morgan fingerprint density at radius 2 is 1.75 bits per heavy atom. The van der Waals surface area contributed by atoms with Gasteiger partial charge in [-0.05, 0) is 59.9 Å². The summed E-state index contributed by atoms with van der Waals surface area (Å²) in [4.78, 5) is 34.3. The smallest absolute Gasteiger partial charge is 0.230 e. The predicted octanol–water partition coefficient (Wildman–Crippen LogP) is 6.41. The number of ketones is 1. The molecule has 0 bridgehead atoms. The number of rotatable bonds is 4. The van der Waals surface area contributed by atoms with E-state index in [1.165, 1.54) is 12.1 Å². The van der Waals surface area contributed by atoms with Gasteiger partial charge < -0.3 is 9.64 Å². The summed E-state index contributed by atoms with van der Waals surface area (Å²) in [5.74, 6) is -0.778. The lowest BCUT2D eigenvalue weighted by molar-refractivity contribution is -0.124. The first-order chi connectivity index (χ1) is 17.4. The van der Waals surface area contributed by atoms with Crippen LogP contribution in [0.5, 0.6) is 5.75 Å². The molecule has 1 amide bonds. The summed E-state index contributed by atoms with van der Waals surface area (Å²) in [6.07, 6.45) is 0.897. The van der Waals surface area contributed by atoms with Gasteiger partial charge in [0.2, 0.25) is 5.91 Å². The molecular weight excluding hydrogens is 455 g/mol. The molecule has 0 saturated heterocycles. The van der Waals surface area contributed by atoms with Gasteiger partial charge in [-0.1, -0.05) is 50.2 Å². The van der Waals surface area contributed by atoms with E-state index < -0.39 is 17.8 Å². The number of ether oxygens (including phenoxy) is 1. The van der Waals surface area contributed by atoms with Crippen molar-refractivity contribution in [2.45, 2.75) is 38.6 Å². The van der Waals surface area contributed by atoms with E-state index in [4.69, 9.17) is 9.73 Å². The van der Waals surface area contributed by atoms with Crippen LogP contribution in [0.25, 0.3) is 0 Å². The van der Waals surface area contributed by atoms with Gasteiger partial charge in [-0.15, -0.1) is 0 Å². The third kappa shape index (κ3) is 4.32. The quantitative estimate of drug-likeness (QED) is 0.430. The number of halogens is 1. The normalized spacial score (nSPS) is 21.4. The summed E-state index contributed by atoms with van der Waals surface area (Å²) in [7, 11) is 1.62. The molecule has 2 aliphatic rings. The maximum absolute atomic E-state index is 14.4. The molecule has 1 saturated carbocycles. The van der Waals surface area contributed by atoms with Gasteiger partial charge in [0.1, 0.15) is 17.3 Å². The first kappa shape index (κ1) is 23.9. The Hall–Kier alpha value is -3.80. The topological polar surface area (TPSA) is 59.0 Å². The zero-order valence-electron chi connectivity index (χ0n) is 20.6. The van der Waals surface area contributed by atoms with E-state index in [9.17, 15) is 14.0 Å². The minimum absolute atomic E-state index is 0.00411. The molecule has 1 heterocycles. The van der Waals surface area contributed by atoms with Gasteiger partial charge in [-0.2, -0.15) is 0 Å². The number of anilines is 1. The fourth-order valence-corrected chi connectivity index (χ4v) is 5.37. The lowest BCUT2D eigenvalue weighted by Crippen LogP contribution is -2.46. The Kier molecular flexibility index (Phi) is 6.44. The minimum atomic E-state index is -0.678. The maximum Gasteiger partial charge on any atom is 0.230 e. The lowest BCUT2D eigenvalue weighted by atomic mass is 9.72. The third-order valence-corrected chi connectivity index (χ3v) is 7.12. The van der Waals surface area contributed by atoms with Crippen molar-refractivity contribution in [2.24, 2.45) is 16.8 Å². The molecule has 5 rings (SSSR count). The van der Waals surface area contributed by atoms with E-state index >= 15 is 0 Å². The van der Waals surface area contributed by atoms with Gasteiger partial charge in [0, 0.05) is 18.1 Å². The van der Waals surface area contributed by atoms with E-state index in [1.54, 1.807) is 24.1 Å². The summed E-state index contributed by atoms with van der Waals surface area (Å²) < 4.78 is 19.7. The number of para-hydroxylation sites is 2. The molecule has 1 aliphatic carbocycles. The Bertz CT molecular complexity index is 1330. The number of amides is 1. The molecule has 0 aromatic heterocycles. The fourth-order valence-electron chi connectivity index (χ4n) is 5.37. The molecular formula is C30H29FN2O3. The highest BCUT2D eigenvalue weighted by Gasteiger charge is 2.46. The molecule has 184 valence electrons. The Morgan fingerprint density at radius 1 is 1.00 bits per heavy atom. The van der Waals surface area contributed by atoms with E-state index in [0.29, 0.717) is 29.8 Å². The molecule has 5 nitrogen and oxygen atoms in total. The number of nitrogens with zero attached hydrogens (tertiary/aromatic N) is 2. The number of Topliss-reactive ketones (excluding diaryl/α,β-unsaturated/α-hetero) is 1. The minimum Gasteiger partial charge on any atom is -0.497 e. The molecule has 0 radical (unpaired) electrons. The molecule has 3 unspecified atom stereocenters. The van der Waals surface area contributed by atoms with Crippen LogP contribution in [-0.2, 0) is 9.59 Å². The second-order valence-electron chi connectivity index (χ2n) is 9.78. The van der Waals surface area contributed by atoms with Crippen LogP contribution < -0.4 is 9.64 Å². The predicted molar refractivity (Wildman–Crippen MR) is 138 cm³/mol. The number of methoxy groups -OCH3 is 1. The van der Waals surface area contributed by atoms with Crippen molar-refractivity contribution in [3.8, 4) is 5.75 Å². The van der Waals surface area contributed by atoms with Crippen LogP contribution in [0.15, 0.2) is 77.8 Å². The van der Waals surface area contributed by atoms with Crippen LogP contribution in [0.4, 0.5) is 15.8 Å². The monoisotopic (exact) mass is 484 g/mol. The Balaban J connectivity index is 1.66. The number of hydrogen-bond acceptors (Lipinski definition) is 4. The zero-order chi connectivity index (χ0) is 25.4. The highest BCUT2D eigenvalue weighted by atomic mass is 19.1. The molecule has 1 fully saturated rings. The maximum atomic E-state index is 14.4. The van der Waals surface area contributed by atoms with Crippen molar-refractivity contribution in [1.82, 2.24) is 0 Å². The molecule has 0 N–H and O–H groups in total. The number of hydrogen-bond donors (Lipinski definition) is 0. The van der Waals surface area contributed by atoms with Crippen LogP contribution in [0.3, 0.4) is 0 Å². The van der Waals surface area contributed by atoms with Gasteiger partial charge >= 0.3 is 0 Å². The van der Waals surface area contributed by atoms with Gasteiger partial charge in [0.05, 0.1) is 30.4 Å². The molecule has 3 atom stereocenters. The summed E-state index contributed by atoms with van der Waals surface area (Å²) >= 11 is 0. The van der Waals surface area contributed by atoms with E-state index in [1.807, 2.05) is 62.4 Å². The fraction of sp³-hybridized carbons (Fsp3) is 0.300. The second kappa shape index (κ2) is 9.69. The number of benzene rings is 3. The Labute approximate surface area is 210 Å². The molecule has 36 heavy (non-hydrogen) atoms. The van der Waals surface area contributed by atoms with E-state index in [0.717, 1.165) is 17.0 Å². The number of fused-ring (bicyclic) bond motifs is 2. The van der Waals surface area contributed by atoms with Gasteiger partial charge in [0.15, 0.2) is 0 Å². The van der Waals surface area contributed by atoms with Gasteiger partial charge in [-0.25, -0.2) is 4.39 Å². The highest BCUT2D eigenvalue weighted by molar-refractivity contribution is 6.13. The van der Waals surface area contributed by atoms with Crippen LogP contribution >= 0.6 is 0 Å². The van der Waals surface area contributed by atoms with Crippen LogP contribution in [-0.4, -0.2) is 24.5 Å². The molecule has 3 aromatic carbocycles. The SMILES string of the molecule is COc1ccc(C2CC(=O)C3C(=Nc4ccccc4N(C(=O)C(C)C)C3c3cccc(F)c3)C2)cc1. The summed E-state index contributed by atoms with van der Waals surface area (Å²) in [5, 5.41) is 0. The highest BCUT2D eigenvalue weighted by Crippen LogP contribution is 2.47. The van der Waals surface area contributed by atoms with Crippen molar-refractivity contribution in [1.29, 1.82) is 0 Å². The Morgan fingerprint density at radius 3 is 2.44 bits per heavy atom. The van der Waals surface area contributed by atoms with Crippen LogP contribution in [0, 0.1) is 17.7 Å². The molecule has 6 heteroatoms. The van der Waals surface area contributed by atoms with Crippen molar-refractivity contribution in [3.63, 3.8) is 0 Å². The molecule has 3 aromatic rings. The molecule has 1 aliphatic heterocycles. The van der Waals surface area contributed by atoms with Crippen molar-refractivity contribution in [2.75, 3.05) is 12.0 Å². The summed E-state index contributed by atoms with van der Waals surface area (Å²) in [6.45, 7) is 3.67. The van der Waals surface area contributed by atoms with Crippen molar-refractivity contribution in [3.05, 3.63) is 89.7 Å². The van der Waals surface area contributed by atoms with Crippen LogP contribution in [0.1, 0.15) is 49.8 Å². The average molecular weight is 485 g/mol. The third-order valence-electron chi connectivity index (χ3n) is 7.12. The van der Waals surface area contributed by atoms with Gasteiger partial charge in [0.25, 0.3) is 0 Å². The number of carbonyl (C=O) groups is 2. The van der Waals surface area contributed by atoms with Crippen molar-refractivity contribution < 1.29 is 18.7 Å². The zero-order valence-corrected chi connectivity index (χ0v) is 20.6. The average Bonchev–Trinajstić information content (AvgIpc) is 3.03. The second-order valence-corrected chi connectivity index (χ2v) is 9.78. The first-order valence-corrected chi connectivity index (χ1v) is 12.3.